The Kier molecular flexibility index (Phi) is 4.07. The molecule has 0 aromatic carbocycles. The van der Waals surface area contributed by atoms with E-state index in [1.54, 1.807) is 0 Å². The molecule has 18 heavy (non-hydrogen) atoms. The number of hydrogen-bond acceptors (Lipinski definition) is 3. The van der Waals surface area contributed by atoms with E-state index < -0.39 is 5.60 Å². The van der Waals surface area contributed by atoms with Gasteiger partial charge in [-0.2, -0.15) is 5.10 Å². The molecule has 2 atom stereocenters. The van der Waals surface area contributed by atoms with Crippen LogP contribution in [0.15, 0.2) is 12.3 Å². The predicted octanol–water partition coefficient (Wildman–Crippen LogP) is 1.76. The summed E-state index contributed by atoms with van der Waals surface area (Å²) in [4.78, 5) is 0. The fraction of sp³-hybridized carbons (Fsp3) is 0.786. The van der Waals surface area contributed by atoms with E-state index in [0.29, 0.717) is 18.4 Å². The first-order chi connectivity index (χ1) is 8.55. The molecule has 1 aliphatic rings. The molecule has 4 heteroatoms. The standard InChI is InChI=1S/C14H25N3O/c1-4-12-10-15-7-6-14(12,18)9-13-5-8-17(16-13)11(2)3/h5,8,11-12,15,18H,4,6-7,9-10H2,1-3H3. The minimum absolute atomic E-state index is 0.329. The van der Waals surface area contributed by atoms with Crippen molar-refractivity contribution in [3.8, 4) is 0 Å². The fourth-order valence-corrected chi connectivity index (χ4v) is 2.81. The van der Waals surface area contributed by atoms with Crippen LogP contribution >= 0.6 is 0 Å². The van der Waals surface area contributed by atoms with Gasteiger partial charge in [-0.15, -0.1) is 0 Å². The van der Waals surface area contributed by atoms with Crippen molar-refractivity contribution in [2.24, 2.45) is 5.92 Å². The maximum atomic E-state index is 10.8. The maximum absolute atomic E-state index is 10.8. The van der Waals surface area contributed by atoms with E-state index in [1.807, 2.05) is 16.9 Å². The van der Waals surface area contributed by atoms with Crippen molar-refractivity contribution in [1.82, 2.24) is 15.1 Å². The van der Waals surface area contributed by atoms with Crippen molar-refractivity contribution in [1.29, 1.82) is 0 Å². The van der Waals surface area contributed by atoms with Crippen molar-refractivity contribution in [2.45, 2.75) is 51.7 Å². The van der Waals surface area contributed by atoms with Gasteiger partial charge in [0.05, 0.1) is 11.3 Å². The number of aromatic nitrogens is 2. The summed E-state index contributed by atoms with van der Waals surface area (Å²) >= 11 is 0. The molecule has 0 spiro atoms. The minimum Gasteiger partial charge on any atom is -0.389 e. The Bertz CT molecular complexity index is 388. The van der Waals surface area contributed by atoms with Gasteiger partial charge in [-0.25, -0.2) is 0 Å². The molecule has 1 aromatic heterocycles. The summed E-state index contributed by atoms with van der Waals surface area (Å²) in [6.07, 6.45) is 4.51. The number of rotatable bonds is 4. The van der Waals surface area contributed by atoms with Crippen molar-refractivity contribution in [3.63, 3.8) is 0 Å². The molecule has 2 heterocycles. The number of nitrogens with zero attached hydrogens (tertiary/aromatic N) is 2. The molecule has 0 bridgehead atoms. The zero-order chi connectivity index (χ0) is 13.2. The highest BCUT2D eigenvalue weighted by Gasteiger charge is 2.38. The lowest BCUT2D eigenvalue weighted by molar-refractivity contribution is -0.0422. The average Bonchev–Trinajstić information content (AvgIpc) is 2.77. The van der Waals surface area contributed by atoms with Crippen LogP contribution in [-0.2, 0) is 6.42 Å². The van der Waals surface area contributed by atoms with Crippen LogP contribution in [0.2, 0.25) is 0 Å². The molecule has 102 valence electrons. The Morgan fingerprint density at radius 2 is 2.39 bits per heavy atom. The fourth-order valence-electron chi connectivity index (χ4n) is 2.81. The summed E-state index contributed by atoms with van der Waals surface area (Å²) in [6, 6.07) is 2.41. The predicted molar refractivity (Wildman–Crippen MR) is 72.5 cm³/mol. The molecule has 0 aliphatic carbocycles. The molecule has 1 saturated heterocycles. The molecule has 2 unspecified atom stereocenters. The van der Waals surface area contributed by atoms with Crippen LogP contribution in [0.3, 0.4) is 0 Å². The lowest BCUT2D eigenvalue weighted by atomic mass is 9.77. The van der Waals surface area contributed by atoms with Crippen LogP contribution in [0.5, 0.6) is 0 Å². The first-order valence-corrected chi connectivity index (χ1v) is 7.02. The SMILES string of the molecule is CCC1CNCCC1(O)Cc1ccn(C(C)C)n1. The van der Waals surface area contributed by atoms with Crippen LogP contribution in [0.25, 0.3) is 0 Å². The summed E-state index contributed by atoms with van der Waals surface area (Å²) in [7, 11) is 0. The van der Waals surface area contributed by atoms with E-state index in [9.17, 15) is 5.11 Å². The van der Waals surface area contributed by atoms with E-state index in [2.05, 4.69) is 31.2 Å². The van der Waals surface area contributed by atoms with Crippen LogP contribution in [0.4, 0.5) is 0 Å². The summed E-state index contributed by atoms with van der Waals surface area (Å²) in [6.45, 7) is 8.20. The van der Waals surface area contributed by atoms with Crippen molar-refractivity contribution < 1.29 is 5.11 Å². The highest BCUT2D eigenvalue weighted by Crippen LogP contribution is 2.30. The van der Waals surface area contributed by atoms with E-state index in [-0.39, 0.29) is 0 Å². The number of aliphatic hydroxyl groups is 1. The van der Waals surface area contributed by atoms with E-state index in [4.69, 9.17) is 0 Å². The van der Waals surface area contributed by atoms with Crippen LogP contribution in [0, 0.1) is 5.92 Å². The molecule has 1 fully saturated rings. The number of nitrogens with one attached hydrogen (secondary N) is 1. The molecule has 2 N–H and O–H groups in total. The topological polar surface area (TPSA) is 50.1 Å². The Morgan fingerprint density at radius 1 is 1.61 bits per heavy atom. The van der Waals surface area contributed by atoms with Gasteiger partial charge >= 0.3 is 0 Å². The zero-order valence-electron chi connectivity index (χ0n) is 11.7. The Balaban J connectivity index is 2.10. The molecule has 0 amide bonds. The Hall–Kier alpha value is -0.870. The minimum atomic E-state index is -0.587. The third kappa shape index (κ3) is 2.75. The summed E-state index contributed by atoms with van der Waals surface area (Å²) in [5.41, 5.74) is 0.419. The van der Waals surface area contributed by atoms with Gasteiger partial charge in [-0.1, -0.05) is 6.92 Å². The summed E-state index contributed by atoms with van der Waals surface area (Å²) < 4.78 is 1.96. The normalized spacial score (nSPS) is 28.8. The van der Waals surface area contributed by atoms with Crippen LogP contribution < -0.4 is 5.32 Å². The van der Waals surface area contributed by atoms with Gasteiger partial charge in [0.25, 0.3) is 0 Å². The Morgan fingerprint density at radius 3 is 3.00 bits per heavy atom. The molecule has 0 saturated carbocycles. The molecule has 1 aromatic rings. The van der Waals surface area contributed by atoms with Gasteiger partial charge < -0.3 is 10.4 Å². The lowest BCUT2D eigenvalue weighted by Gasteiger charge is -2.39. The smallest absolute Gasteiger partial charge is 0.0755 e. The molecular formula is C14H25N3O. The number of piperidine rings is 1. The lowest BCUT2D eigenvalue weighted by Crippen LogP contribution is -2.51. The molecule has 2 rings (SSSR count). The van der Waals surface area contributed by atoms with E-state index >= 15 is 0 Å². The molecule has 1 aliphatic heterocycles. The van der Waals surface area contributed by atoms with Gasteiger partial charge in [0.2, 0.25) is 0 Å². The molecule has 0 radical (unpaired) electrons. The van der Waals surface area contributed by atoms with E-state index in [0.717, 1.165) is 31.6 Å². The second-order valence-electron chi connectivity index (χ2n) is 5.72. The zero-order valence-corrected chi connectivity index (χ0v) is 11.7. The monoisotopic (exact) mass is 251 g/mol. The number of hydrogen-bond donors (Lipinski definition) is 2. The quantitative estimate of drug-likeness (QED) is 0.857. The summed E-state index contributed by atoms with van der Waals surface area (Å²) in [5, 5.41) is 18.8. The van der Waals surface area contributed by atoms with Gasteiger partial charge in [0.1, 0.15) is 0 Å². The Labute approximate surface area is 109 Å². The maximum Gasteiger partial charge on any atom is 0.0755 e. The average molecular weight is 251 g/mol. The highest BCUT2D eigenvalue weighted by atomic mass is 16.3. The second kappa shape index (κ2) is 5.41. The molecule has 4 nitrogen and oxygen atoms in total. The van der Waals surface area contributed by atoms with Gasteiger partial charge in [0.15, 0.2) is 0 Å². The first kappa shape index (κ1) is 13.6. The van der Waals surface area contributed by atoms with Crippen molar-refractivity contribution >= 4 is 0 Å². The van der Waals surface area contributed by atoms with Crippen LogP contribution in [0.1, 0.15) is 45.3 Å². The third-order valence-electron chi connectivity index (χ3n) is 4.06. The van der Waals surface area contributed by atoms with Crippen molar-refractivity contribution in [2.75, 3.05) is 13.1 Å². The van der Waals surface area contributed by atoms with Gasteiger partial charge in [-0.05, 0) is 39.3 Å². The summed E-state index contributed by atoms with van der Waals surface area (Å²) in [5.74, 6) is 0.329. The van der Waals surface area contributed by atoms with Crippen molar-refractivity contribution in [3.05, 3.63) is 18.0 Å². The van der Waals surface area contributed by atoms with Crippen LogP contribution in [-0.4, -0.2) is 33.6 Å². The first-order valence-electron chi connectivity index (χ1n) is 7.02. The third-order valence-corrected chi connectivity index (χ3v) is 4.06. The molecular weight excluding hydrogens is 226 g/mol. The largest absolute Gasteiger partial charge is 0.389 e. The highest BCUT2D eigenvalue weighted by molar-refractivity contribution is 5.07. The second-order valence-corrected chi connectivity index (χ2v) is 5.72. The van der Waals surface area contributed by atoms with E-state index in [1.165, 1.54) is 0 Å². The van der Waals surface area contributed by atoms with Gasteiger partial charge in [-0.3, -0.25) is 4.68 Å². The van der Waals surface area contributed by atoms with Gasteiger partial charge in [0, 0.05) is 31.1 Å².